The number of pyridine rings is 1. The number of amides is 1. The number of likely N-dealkylation sites (tertiary alicyclic amines) is 1. The third kappa shape index (κ3) is 5.03. The maximum absolute atomic E-state index is 11.2. The van der Waals surface area contributed by atoms with E-state index in [9.17, 15) is 4.79 Å². The molecule has 0 spiro atoms. The Morgan fingerprint density at radius 3 is 2.52 bits per heavy atom. The number of hydrogen-bond acceptors (Lipinski definition) is 5. The first-order valence-corrected chi connectivity index (χ1v) is 10.9. The lowest BCUT2D eigenvalue weighted by Gasteiger charge is -2.35. The summed E-state index contributed by atoms with van der Waals surface area (Å²) in [6.07, 6.45) is 3.80. The lowest BCUT2D eigenvalue weighted by molar-refractivity contribution is 0.1000. The molecule has 1 amide bonds. The molecule has 0 unspecified atom stereocenters. The van der Waals surface area contributed by atoms with Crippen LogP contribution in [0, 0.1) is 0 Å². The first-order valence-electron chi connectivity index (χ1n) is 10.9. The summed E-state index contributed by atoms with van der Waals surface area (Å²) in [5.74, 6) is 0.665. The molecule has 1 fully saturated rings. The molecule has 1 saturated heterocycles. The molecule has 3 aromatic rings. The van der Waals surface area contributed by atoms with E-state index in [1.165, 1.54) is 30.0 Å². The molecular formula is C25H30N4O2. The van der Waals surface area contributed by atoms with Crippen LogP contribution in [-0.4, -0.2) is 41.0 Å². The van der Waals surface area contributed by atoms with Gasteiger partial charge >= 0.3 is 0 Å². The van der Waals surface area contributed by atoms with Gasteiger partial charge in [0.15, 0.2) is 0 Å². The number of nitrogens with two attached hydrogens (primary N) is 1. The van der Waals surface area contributed by atoms with E-state index in [4.69, 9.17) is 10.5 Å². The third-order valence-electron chi connectivity index (χ3n) is 6.05. The Hall–Kier alpha value is -2.96. The third-order valence-corrected chi connectivity index (χ3v) is 6.05. The van der Waals surface area contributed by atoms with E-state index < -0.39 is 5.91 Å². The normalized spacial score (nSPS) is 15.5. The number of carbonyl (C=O) groups is 1. The molecule has 4 rings (SSSR count). The van der Waals surface area contributed by atoms with Crippen molar-refractivity contribution in [3.05, 3.63) is 65.9 Å². The highest BCUT2D eigenvalue weighted by Crippen LogP contribution is 2.31. The highest BCUT2D eigenvalue weighted by atomic mass is 16.5. The van der Waals surface area contributed by atoms with Crippen molar-refractivity contribution >= 4 is 16.7 Å². The summed E-state index contributed by atoms with van der Waals surface area (Å²) in [6.45, 7) is 7.68. The second-order valence-corrected chi connectivity index (χ2v) is 8.40. The number of rotatable bonds is 7. The average Bonchev–Trinajstić information content (AvgIpc) is 2.79. The number of primary amides is 1. The molecule has 1 aliphatic rings. The molecule has 1 aliphatic heterocycles. The zero-order chi connectivity index (χ0) is 21.8. The average molecular weight is 419 g/mol. The van der Waals surface area contributed by atoms with Crippen molar-refractivity contribution in [2.45, 2.75) is 45.3 Å². The molecule has 0 radical (unpaired) electrons. The smallest absolute Gasteiger partial charge is 0.250 e. The highest BCUT2D eigenvalue weighted by molar-refractivity contribution is 5.92. The van der Waals surface area contributed by atoms with Gasteiger partial charge in [-0.05, 0) is 62.9 Å². The Labute approximate surface area is 183 Å². The van der Waals surface area contributed by atoms with Gasteiger partial charge in [0.1, 0.15) is 5.75 Å². The zero-order valence-electron chi connectivity index (χ0n) is 18.2. The number of ether oxygens (including phenoxy) is 1. The summed E-state index contributed by atoms with van der Waals surface area (Å²) in [7, 11) is 0. The number of piperidine rings is 1. The summed E-state index contributed by atoms with van der Waals surface area (Å²) in [5.41, 5.74) is 6.90. The van der Waals surface area contributed by atoms with Gasteiger partial charge in [-0.3, -0.25) is 4.79 Å². The maximum Gasteiger partial charge on any atom is 0.250 e. The predicted octanol–water partition coefficient (Wildman–Crippen LogP) is 4.09. The molecule has 3 N–H and O–H groups in total. The number of nitrogens with one attached hydrogen (secondary N) is 1. The van der Waals surface area contributed by atoms with Crippen molar-refractivity contribution < 1.29 is 9.53 Å². The molecule has 31 heavy (non-hydrogen) atoms. The fourth-order valence-corrected chi connectivity index (χ4v) is 4.15. The number of carbonyl (C=O) groups excluding carboxylic acids is 1. The number of fused-ring (bicyclic) bond motifs is 1. The van der Waals surface area contributed by atoms with Crippen molar-refractivity contribution in [1.29, 1.82) is 0 Å². The standard InChI is InChI=1S/C25H30N4O2/c1-17(2)29-13-11-20(12-14-29)27-15-18-7-9-23(22-6-4-3-5-21(18)22)31-24-10-8-19(16-28-24)25(26)30/h3-10,16-17,20,27H,11-15H2,1-2H3,(H2,26,30). The first kappa shape index (κ1) is 21.3. The minimum absolute atomic E-state index is 0.359. The summed E-state index contributed by atoms with van der Waals surface area (Å²) in [6, 6.07) is 16.8. The van der Waals surface area contributed by atoms with Gasteiger partial charge in [-0.1, -0.05) is 30.3 Å². The highest BCUT2D eigenvalue weighted by Gasteiger charge is 2.20. The van der Waals surface area contributed by atoms with Crippen LogP contribution in [0.3, 0.4) is 0 Å². The van der Waals surface area contributed by atoms with E-state index in [-0.39, 0.29) is 0 Å². The van der Waals surface area contributed by atoms with Gasteiger partial charge in [-0.15, -0.1) is 0 Å². The van der Waals surface area contributed by atoms with Crippen molar-refractivity contribution in [2.24, 2.45) is 5.73 Å². The van der Waals surface area contributed by atoms with Gasteiger partial charge in [-0.25, -0.2) is 4.98 Å². The SMILES string of the molecule is CC(C)N1CCC(NCc2ccc(Oc3ccc(C(N)=O)cn3)c3ccccc23)CC1. The summed E-state index contributed by atoms with van der Waals surface area (Å²) in [4.78, 5) is 18.0. The summed E-state index contributed by atoms with van der Waals surface area (Å²) < 4.78 is 6.02. The van der Waals surface area contributed by atoms with Crippen LogP contribution in [0.5, 0.6) is 11.6 Å². The van der Waals surface area contributed by atoms with Crippen LogP contribution < -0.4 is 15.8 Å². The van der Waals surface area contributed by atoms with E-state index in [0.29, 0.717) is 23.5 Å². The minimum Gasteiger partial charge on any atom is -0.438 e. The molecule has 0 saturated carbocycles. The van der Waals surface area contributed by atoms with Gasteiger partial charge in [-0.2, -0.15) is 0 Å². The monoisotopic (exact) mass is 418 g/mol. The lowest BCUT2D eigenvalue weighted by Crippen LogP contribution is -2.44. The van der Waals surface area contributed by atoms with Crippen molar-refractivity contribution in [1.82, 2.24) is 15.2 Å². The second-order valence-electron chi connectivity index (χ2n) is 8.40. The Kier molecular flexibility index (Phi) is 6.49. The Bertz CT molecular complexity index is 1040. The Morgan fingerprint density at radius 2 is 1.87 bits per heavy atom. The number of nitrogens with zero attached hydrogens (tertiary/aromatic N) is 2. The van der Waals surface area contributed by atoms with Crippen LogP contribution in [0.1, 0.15) is 42.6 Å². The lowest BCUT2D eigenvalue weighted by atomic mass is 10.0. The molecule has 162 valence electrons. The molecular weight excluding hydrogens is 388 g/mol. The fraction of sp³-hybridized carbons (Fsp3) is 0.360. The quantitative estimate of drug-likeness (QED) is 0.604. The van der Waals surface area contributed by atoms with Crippen LogP contribution in [0.4, 0.5) is 0 Å². The zero-order valence-corrected chi connectivity index (χ0v) is 18.2. The molecule has 0 aliphatic carbocycles. The maximum atomic E-state index is 11.2. The van der Waals surface area contributed by atoms with Crippen LogP contribution >= 0.6 is 0 Å². The van der Waals surface area contributed by atoms with Crippen LogP contribution in [0.15, 0.2) is 54.7 Å². The Balaban J connectivity index is 1.47. The van der Waals surface area contributed by atoms with E-state index in [0.717, 1.165) is 30.8 Å². The molecule has 2 heterocycles. The number of hydrogen-bond donors (Lipinski definition) is 2. The topological polar surface area (TPSA) is 80.5 Å². The van der Waals surface area contributed by atoms with E-state index in [1.54, 1.807) is 12.1 Å². The van der Waals surface area contributed by atoms with Gasteiger partial charge in [0.05, 0.1) is 5.56 Å². The second kappa shape index (κ2) is 9.45. The van der Waals surface area contributed by atoms with E-state index in [2.05, 4.69) is 53.3 Å². The Morgan fingerprint density at radius 1 is 1.13 bits per heavy atom. The number of aromatic nitrogens is 1. The van der Waals surface area contributed by atoms with Crippen molar-refractivity contribution in [3.63, 3.8) is 0 Å². The number of benzene rings is 2. The molecule has 0 atom stereocenters. The summed E-state index contributed by atoms with van der Waals surface area (Å²) >= 11 is 0. The van der Waals surface area contributed by atoms with Gasteiger partial charge in [0.25, 0.3) is 0 Å². The van der Waals surface area contributed by atoms with E-state index >= 15 is 0 Å². The largest absolute Gasteiger partial charge is 0.438 e. The molecule has 6 heteroatoms. The van der Waals surface area contributed by atoms with Gasteiger partial charge in [0, 0.05) is 36.3 Å². The van der Waals surface area contributed by atoms with Crippen LogP contribution in [0.25, 0.3) is 10.8 Å². The first-order chi connectivity index (χ1) is 15.0. The van der Waals surface area contributed by atoms with Crippen molar-refractivity contribution in [2.75, 3.05) is 13.1 Å². The van der Waals surface area contributed by atoms with E-state index in [1.807, 2.05) is 12.1 Å². The van der Waals surface area contributed by atoms with Crippen LogP contribution in [0.2, 0.25) is 0 Å². The minimum atomic E-state index is -0.503. The molecule has 2 aromatic carbocycles. The predicted molar refractivity (Wildman–Crippen MR) is 123 cm³/mol. The van der Waals surface area contributed by atoms with Gasteiger partial charge < -0.3 is 20.7 Å². The fourth-order valence-electron chi connectivity index (χ4n) is 4.15. The van der Waals surface area contributed by atoms with Gasteiger partial charge in [0.2, 0.25) is 11.8 Å². The molecule has 1 aromatic heterocycles. The van der Waals surface area contributed by atoms with Crippen LogP contribution in [-0.2, 0) is 6.54 Å². The summed E-state index contributed by atoms with van der Waals surface area (Å²) in [5, 5.41) is 5.96. The molecule has 0 bridgehead atoms. The van der Waals surface area contributed by atoms with Crippen molar-refractivity contribution in [3.8, 4) is 11.6 Å². The molecule has 6 nitrogen and oxygen atoms in total.